The van der Waals surface area contributed by atoms with Crippen LogP contribution in [0.3, 0.4) is 0 Å². The largest absolute Gasteiger partial charge is 0.444 e. The van der Waals surface area contributed by atoms with Crippen molar-refractivity contribution in [3.8, 4) is 11.8 Å². The van der Waals surface area contributed by atoms with Gasteiger partial charge in [-0.2, -0.15) is 10.4 Å². The van der Waals surface area contributed by atoms with Gasteiger partial charge in [-0.15, -0.1) is 0 Å². The van der Waals surface area contributed by atoms with Crippen molar-refractivity contribution in [2.24, 2.45) is 4.99 Å². The van der Waals surface area contributed by atoms with Gasteiger partial charge in [-0.3, -0.25) is 0 Å². The highest BCUT2D eigenvalue weighted by Gasteiger charge is 2.16. The third-order valence-electron chi connectivity index (χ3n) is 5.06. The monoisotopic (exact) mass is 434 g/mol. The molecule has 2 heterocycles. The Labute approximate surface area is 188 Å². The van der Waals surface area contributed by atoms with E-state index in [1.54, 1.807) is 4.68 Å². The predicted octanol–water partition coefficient (Wildman–Crippen LogP) is 2.93. The van der Waals surface area contributed by atoms with Crippen molar-refractivity contribution >= 4 is 11.8 Å². The van der Waals surface area contributed by atoms with Crippen LogP contribution in [0.5, 0.6) is 0 Å². The van der Waals surface area contributed by atoms with Crippen molar-refractivity contribution < 1.29 is 4.42 Å². The molecule has 0 bridgehead atoms. The number of aromatic nitrogens is 3. The lowest BCUT2D eigenvalue weighted by Gasteiger charge is -2.10. The number of aliphatic imine (C=N–C) groups is 1. The van der Waals surface area contributed by atoms with Gasteiger partial charge in [0.25, 0.3) is 0 Å². The van der Waals surface area contributed by atoms with Gasteiger partial charge < -0.3 is 20.8 Å². The summed E-state index contributed by atoms with van der Waals surface area (Å²) in [7, 11) is 0. The number of nitrogen functional groups attached to an aromatic ring is 1. The Balaban J connectivity index is 1.61. The fourth-order valence-electron chi connectivity index (χ4n) is 3.22. The van der Waals surface area contributed by atoms with Crippen LogP contribution in [0.1, 0.15) is 47.5 Å². The second-order valence-electron chi connectivity index (χ2n) is 7.54. The standard InChI is InChI=1S/C23H30N8O/c1-5-26-23(28-14-21-29-16(3)17(4)32-21)27-12-6-7-20-19(13-24)22(25)31(30-20)18-10-8-15(2)9-11-18/h8-11H,5-7,12,14,25H2,1-4H3,(H2,26,27,28). The fraction of sp³-hybridized carbons (Fsp3) is 0.391. The molecule has 0 aliphatic heterocycles. The number of nitrogens with zero attached hydrogens (tertiary/aromatic N) is 5. The van der Waals surface area contributed by atoms with Crippen molar-refractivity contribution in [1.29, 1.82) is 5.26 Å². The van der Waals surface area contributed by atoms with Gasteiger partial charge in [-0.25, -0.2) is 14.7 Å². The Kier molecular flexibility index (Phi) is 7.49. The Morgan fingerprint density at radius 3 is 2.59 bits per heavy atom. The minimum Gasteiger partial charge on any atom is -0.444 e. The van der Waals surface area contributed by atoms with Crippen LogP contribution in [0.15, 0.2) is 33.7 Å². The molecule has 0 atom stereocenters. The molecular formula is C23H30N8O. The van der Waals surface area contributed by atoms with Gasteiger partial charge in [0.2, 0.25) is 5.89 Å². The summed E-state index contributed by atoms with van der Waals surface area (Å²) in [6, 6.07) is 10.1. The number of hydrogen-bond acceptors (Lipinski definition) is 6. The highest BCUT2D eigenvalue weighted by atomic mass is 16.4. The molecule has 168 valence electrons. The summed E-state index contributed by atoms with van der Waals surface area (Å²) < 4.78 is 7.21. The molecule has 0 aliphatic rings. The van der Waals surface area contributed by atoms with E-state index in [-0.39, 0.29) is 0 Å². The van der Waals surface area contributed by atoms with Crippen LogP contribution in [-0.2, 0) is 13.0 Å². The fourth-order valence-corrected chi connectivity index (χ4v) is 3.22. The van der Waals surface area contributed by atoms with Crippen molar-refractivity contribution in [3.05, 3.63) is 58.4 Å². The Morgan fingerprint density at radius 1 is 1.22 bits per heavy atom. The minimum absolute atomic E-state index is 0.361. The number of benzene rings is 1. The molecule has 0 saturated carbocycles. The van der Waals surface area contributed by atoms with Gasteiger partial charge in [0.05, 0.1) is 17.1 Å². The number of nitrogens with two attached hydrogens (primary N) is 1. The van der Waals surface area contributed by atoms with Gasteiger partial charge in [-0.05, 0) is 52.7 Å². The van der Waals surface area contributed by atoms with Crippen molar-refractivity contribution in [1.82, 2.24) is 25.4 Å². The highest BCUT2D eigenvalue weighted by Crippen LogP contribution is 2.21. The van der Waals surface area contributed by atoms with Crippen molar-refractivity contribution in [3.63, 3.8) is 0 Å². The van der Waals surface area contributed by atoms with E-state index < -0.39 is 0 Å². The molecule has 32 heavy (non-hydrogen) atoms. The zero-order chi connectivity index (χ0) is 23.1. The second kappa shape index (κ2) is 10.5. The van der Waals surface area contributed by atoms with E-state index in [1.807, 2.05) is 52.0 Å². The van der Waals surface area contributed by atoms with Crippen LogP contribution < -0.4 is 16.4 Å². The van der Waals surface area contributed by atoms with E-state index >= 15 is 0 Å². The van der Waals surface area contributed by atoms with E-state index in [9.17, 15) is 5.26 Å². The third kappa shape index (κ3) is 5.46. The second-order valence-corrected chi connectivity index (χ2v) is 7.54. The van der Waals surface area contributed by atoms with Crippen LogP contribution in [-0.4, -0.2) is 33.8 Å². The first-order valence-electron chi connectivity index (χ1n) is 10.7. The molecule has 0 fully saturated rings. The molecule has 2 aromatic heterocycles. The number of oxazole rings is 1. The van der Waals surface area contributed by atoms with Crippen LogP contribution in [0.4, 0.5) is 5.82 Å². The van der Waals surface area contributed by atoms with E-state index in [1.165, 1.54) is 0 Å². The number of nitriles is 1. The molecule has 0 spiro atoms. The van der Waals surface area contributed by atoms with E-state index in [0.29, 0.717) is 48.4 Å². The smallest absolute Gasteiger partial charge is 0.216 e. The minimum atomic E-state index is 0.361. The lowest BCUT2D eigenvalue weighted by Crippen LogP contribution is -2.37. The number of rotatable bonds is 8. The molecular weight excluding hydrogens is 404 g/mol. The summed E-state index contributed by atoms with van der Waals surface area (Å²) in [5.41, 5.74) is 10.2. The predicted molar refractivity (Wildman–Crippen MR) is 125 cm³/mol. The summed E-state index contributed by atoms with van der Waals surface area (Å²) in [6.07, 6.45) is 1.39. The number of anilines is 1. The van der Waals surface area contributed by atoms with E-state index in [0.717, 1.165) is 35.7 Å². The zero-order valence-corrected chi connectivity index (χ0v) is 19.1. The lowest BCUT2D eigenvalue weighted by atomic mass is 10.1. The maximum atomic E-state index is 9.57. The van der Waals surface area contributed by atoms with E-state index in [2.05, 4.69) is 31.8 Å². The van der Waals surface area contributed by atoms with Gasteiger partial charge >= 0.3 is 0 Å². The summed E-state index contributed by atoms with van der Waals surface area (Å²) in [4.78, 5) is 8.88. The Bertz CT molecular complexity index is 1100. The SMILES string of the molecule is CCNC(=NCc1nc(C)c(C)o1)NCCCc1nn(-c2ccc(C)cc2)c(N)c1C#N. The zero-order valence-electron chi connectivity index (χ0n) is 19.1. The van der Waals surface area contributed by atoms with Crippen molar-refractivity contribution in [2.75, 3.05) is 18.8 Å². The molecule has 9 nitrogen and oxygen atoms in total. The molecule has 0 amide bonds. The normalized spacial score (nSPS) is 11.4. The van der Waals surface area contributed by atoms with Crippen LogP contribution in [0, 0.1) is 32.1 Å². The molecule has 4 N–H and O–H groups in total. The molecule has 0 saturated heterocycles. The van der Waals surface area contributed by atoms with Gasteiger partial charge in [0.1, 0.15) is 29.8 Å². The summed E-state index contributed by atoms with van der Waals surface area (Å²) in [5, 5.41) is 20.7. The average molecular weight is 435 g/mol. The maximum absolute atomic E-state index is 9.57. The molecule has 3 aromatic rings. The molecule has 9 heteroatoms. The molecule has 0 radical (unpaired) electrons. The van der Waals surface area contributed by atoms with Crippen molar-refractivity contribution in [2.45, 2.75) is 47.1 Å². The first-order valence-corrected chi connectivity index (χ1v) is 10.7. The van der Waals surface area contributed by atoms with E-state index in [4.69, 9.17) is 10.2 Å². The number of guanidine groups is 1. The van der Waals surface area contributed by atoms with Crippen LogP contribution >= 0.6 is 0 Å². The van der Waals surface area contributed by atoms with Crippen LogP contribution in [0.25, 0.3) is 5.69 Å². The number of aryl methyl sites for hydroxylation is 4. The topological polar surface area (TPSA) is 130 Å². The lowest BCUT2D eigenvalue weighted by molar-refractivity contribution is 0.472. The van der Waals surface area contributed by atoms with Gasteiger partial charge in [0, 0.05) is 13.1 Å². The van der Waals surface area contributed by atoms with Gasteiger partial charge in [0.15, 0.2) is 5.96 Å². The Hall–Kier alpha value is -3.80. The summed E-state index contributed by atoms with van der Waals surface area (Å²) in [6.45, 7) is 9.60. The first-order chi connectivity index (χ1) is 15.4. The molecule has 0 unspecified atom stereocenters. The maximum Gasteiger partial charge on any atom is 0.216 e. The quantitative estimate of drug-likeness (QED) is 0.282. The summed E-state index contributed by atoms with van der Waals surface area (Å²) >= 11 is 0. The molecule has 1 aromatic carbocycles. The summed E-state index contributed by atoms with van der Waals surface area (Å²) in [5.74, 6) is 2.45. The third-order valence-corrected chi connectivity index (χ3v) is 5.06. The van der Waals surface area contributed by atoms with Gasteiger partial charge in [-0.1, -0.05) is 17.7 Å². The Morgan fingerprint density at radius 2 is 1.97 bits per heavy atom. The molecule has 3 rings (SSSR count). The van der Waals surface area contributed by atoms with Crippen LogP contribution in [0.2, 0.25) is 0 Å². The average Bonchev–Trinajstić information content (AvgIpc) is 3.27. The number of hydrogen-bond donors (Lipinski definition) is 3. The highest BCUT2D eigenvalue weighted by molar-refractivity contribution is 5.79. The first kappa shape index (κ1) is 22.9. The number of nitrogens with one attached hydrogen (secondary N) is 2. The molecule has 0 aliphatic carbocycles.